The molecule has 1 saturated carbocycles. The SMILES string of the molecule is c1ccc(N2CCC3CCCC2C3)cc1. The summed E-state index contributed by atoms with van der Waals surface area (Å²) < 4.78 is 0. The molecule has 1 saturated heterocycles. The molecule has 0 radical (unpaired) electrons. The fourth-order valence-corrected chi connectivity index (χ4v) is 3.27. The zero-order valence-electron chi connectivity index (χ0n) is 9.23. The number of hydrogen-bond donors (Lipinski definition) is 0. The van der Waals surface area contributed by atoms with Crippen molar-refractivity contribution in [2.45, 2.75) is 38.1 Å². The predicted molar refractivity (Wildman–Crippen MR) is 64.2 cm³/mol. The second kappa shape index (κ2) is 3.88. The Morgan fingerprint density at radius 1 is 1.00 bits per heavy atom. The van der Waals surface area contributed by atoms with Gasteiger partial charge in [0.15, 0.2) is 0 Å². The number of para-hydroxylation sites is 1. The number of anilines is 1. The highest BCUT2D eigenvalue weighted by Crippen LogP contribution is 2.36. The number of fused-ring (bicyclic) bond motifs is 2. The molecular formula is C14H19N. The average molecular weight is 201 g/mol. The number of nitrogens with zero attached hydrogens (tertiary/aromatic N) is 1. The standard InChI is InChI=1S/C14H19N/c1-2-6-13(7-3-1)15-10-9-12-5-4-8-14(15)11-12/h1-3,6-7,12,14H,4-5,8-11H2. The summed E-state index contributed by atoms with van der Waals surface area (Å²) in [5, 5.41) is 0. The van der Waals surface area contributed by atoms with Gasteiger partial charge in [-0.15, -0.1) is 0 Å². The van der Waals surface area contributed by atoms with Crippen LogP contribution in [-0.2, 0) is 0 Å². The van der Waals surface area contributed by atoms with Gasteiger partial charge in [-0.3, -0.25) is 0 Å². The third-order valence-electron chi connectivity index (χ3n) is 4.06. The molecule has 1 nitrogen and oxygen atoms in total. The summed E-state index contributed by atoms with van der Waals surface area (Å²) in [5.41, 5.74) is 1.43. The lowest BCUT2D eigenvalue weighted by molar-refractivity contribution is 0.256. The number of benzene rings is 1. The van der Waals surface area contributed by atoms with E-state index in [0.29, 0.717) is 0 Å². The van der Waals surface area contributed by atoms with E-state index in [9.17, 15) is 0 Å². The summed E-state index contributed by atoms with van der Waals surface area (Å²) in [5.74, 6) is 1.03. The second-order valence-corrected chi connectivity index (χ2v) is 5.00. The maximum atomic E-state index is 2.63. The third-order valence-corrected chi connectivity index (χ3v) is 4.06. The molecule has 1 aromatic carbocycles. The van der Waals surface area contributed by atoms with Crippen LogP contribution in [-0.4, -0.2) is 12.6 Å². The molecule has 0 amide bonds. The Bertz CT molecular complexity index is 319. The van der Waals surface area contributed by atoms with Crippen LogP contribution in [0.4, 0.5) is 5.69 Å². The van der Waals surface area contributed by atoms with Crippen LogP contribution in [0.1, 0.15) is 32.1 Å². The Morgan fingerprint density at radius 3 is 2.73 bits per heavy atom. The lowest BCUT2D eigenvalue weighted by atomic mass is 9.79. The van der Waals surface area contributed by atoms with Gasteiger partial charge < -0.3 is 4.90 Å². The first-order valence-corrected chi connectivity index (χ1v) is 6.25. The highest BCUT2D eigenvalue weighted by Gasteiger charge is 2.31. The minimum atomic E-state index is 0.833. The largest absolute Gasteiger partial charge is 0.369 e. The van der Waals surface area contributed by atoms with Gasteiger partial charge in [0.25, 0.3) is 0 Å². The molecular weight excluding hydrogens is 182 g/mol. The predicted octanol–water partition coefficient (Wildman–Crippen LogP) is 3.46. The Morgan fingerprint density at radius 2 is 1.87 bits per heavy atom. The van der Waals surface area contributed by atoms with Gasteiger partial charge in [-0.2, -0.15) is 0 Å². The summed E-state index contributed by atoms with van der Waals surface area (Å²) in [4.78, 5) is 2.63. The zero-order valence-corrected chi connectivity index (χ0v) is 9.23. The monoisotopic (exact) mass is 201 g/mol. The van der Waals surface area contributed by atoms with Crippen LogP contribution < -0.4 is 4.90 Å². The average Bonchev–Trinajstić information content (AvgIpc) is 2.31. The number of hydrogen-bond acceptors (Lipinski definition) is 1. The molecule has 2 aliphatic rings. The molecule has 1 heterocycles. The van der Waals surface area contributed by atoms with Crippen LogP contribution in [0.2, 0.25) is 0 Å². The summed E-state index contributed by atoms with van der Waals surface area (Å²) in [6.07, 6.45) is 7.18. The van der Waals surface area contributed by atoms with E-state index in [0.717, 1.165) is 12.0 Å². The van der Waals surface area contributed by atoms with Crippen molar-refractivity contribution in [1.82, 2.24) is 0 Å². The molecule has 2 bridgehead atoms. The van der Waals surface area contributed by atoms with Crippen molar-refractivity contribution >= 4 is 5.69 Å². The number of rotatable bonds is 1. The van der Waals surface area contributed by atoms with Gasteiger partial charge in [0.2, 0.25) is 0 Å². The normalized spacial score (nSPS) is 30.3. The summed E-state index contributed by atoms with van der Waals surface area (Å²) in [6.45, 7) is 1.28. The summed E-state index contributed by atoms with van der Waals surface area (Å²) in [7, 11) is 0. The van der Waals surface area contributed by atoms with Crippen molar-refractivity contribution in [3.05, 3.63) is 30.3 Å². The van der Waals surface area contributed by atoms with Crippen molar-refractivity contribution in [1.29, 1.82) is 0 Å². The first kappa shape index (κ1) is 9.26. The van der Waals surface area contributed by atoms with E-state index in [4.69, 9.17) is 0 Å². The van der Waals surface area contributed by atoms with Gasteiger partial charge >= 0.3 is 0 Å². The summed E-state index contributed by atoms with van der Waals surface area (Å²) >= 11 is 0. The molecule has 2 atom stereocenters. The Labute approximate surface area is 92.1 Å². The smallest absolute Gasteiger partial charge is 0.0368 e. The van der Waals surface area contributed by atoms with Gasteiger partial charge in [0.1, 0.15) is 0 Å². The van der Waals surface area contributed by atoms with Crippen LogP contribution in [0.15, 0.2) is 30.3 Å². The lowest BCUT2D eigenvalue weighted by Crippen LogP contribution is -2.44. The van der Waals surface area contributed by atoms with Gasteiger partial charge in [-0.1, -0.05) is 31.0 Å². The van der Waals surface area contributed by atoms with Crippen molar-refractivity contribution in [3.63, 3.8) is 0 Å². The molecule has 2 unspecified atom stereocenters. The molecule has 1 aliphatic heterocycles. The first-order chi connectivity index (χ1) is 7.43. The zero-order chi connectivity index (χ0) is 10.1. The quantitative estimate of drug-likeness (QED) is 0.672. The van der Waals surface area contributed by atoms with E-state index >= 15 is 0 Å². The molecule has 15 heavy (non-hydrogen) atoms. The highest BCUT2D eigenvalue weighted by molar-refractivity contribution is 5.47. The van der Waals surface area contributed by atoms with Crippen LogP contribution in [0.25, 0.3) is 0 Å². The molecule has 3 rings (SSSR count). The fourth-order valence-electron chi connectivity index (χ4n) is 3.27. The van der Waals surface area contributed by atoms with Crippen LogP contribution in [0, 0.1) is 5.92 Å². The maximum absolute atomic E-state index is 2.63. The van der Waals surface area contributed by atoms with E-state index in [1.165, 1.54) is 44.3 Å². The van der Waals surface area contributed by atoms with Gasteiger partial charge in [-0.25, -0.2) is 0 Å². The minimum absolute atomic E-state index is 0.833. The molecule has 1 heteroatoms. The highest BCUT2D eigenvalue weighted by atomic mass is 15.2. The topological polar surface area (TPSA) is 3.24 Å². The Balaban J connectivity index is 1.81. The van der Waals surface area contributed by atoms with Gasteiger partial charge in [-0.05, 0) is 37.3 Å². The lowest BCUT2D eigenvalue weighted by Gasteiger charge is -2.44. The molecule has 1 aliphatic carbocycles. The fraction of sp³-hybridized carbons (Fsp3) is 0.571. The van der Waals surface area contributed by atoms with E-state index in [1.54, 1.807) is 0 Å². The molecule has 0 N–H and O–H groups in total. The van der Waals surface area contributed by atoms with Crippen molar-refractivity contribution in [2.24, 2.45) is 5.92 Å². The molecule has 2 fully saturated rings. The summed E-state index contributed by atoms with van der Waals surface area (Å²) in [6, 6.07) is 11.8. The Hall–Kier alpha value is -0.980. The molecule has 0 aromatic heterocycles. The second-order valence-electron chi connectivity index (χ2n) is 5.00. The van der Waals surface area contributed by atoms with Crippen molar-refractivity contribution in [2.75, 3.05) is 11.4 Å². The third kappa shape index (κ3) is 1.75. The van der Waals surface area contributed by atoms with Crippen LogP contribution >= 0.6 is 0 Å². The Kier molecular flexibility index (Phi) is 2.40. The van der Waals surface area contributed by atoms with E-state index in [2.05, 4.69) is 35.2 Å². The molecule has 0 spiro atoms. The molecule has 80 valence electrons. The molecule has 1 aromatic rings. The van der Waals surface area contributed by atoms with E-state index < -0.39 is 0 Å². The number of piperidine rings is 1. The van der Waals surface area contributed by atoms with E-state index in [1.807, 2.05) is 0 Å². The first-order valence-electron chi connectivity index (χ1n) is 6.25. The van der Waals surface area contributed by atoms with E-state index in [-0.39, 0.29) is 0 Å². The van der Waals surface area contributed by atoms with Gasteiger partial charge in [0, 0.05) is 18.3 Å². The van der Waals surface area contributed by atoms with Crippen molar-refractivity contribution < 1.29 is 0 Å². The van der Waals surface area contributed by atoms with Crippen LogP contribution in [0.3, 0.4) is 0 Å². The van der Waals surface area contributed by atoms with Crippen molar-refractivity contribution in [3.8, 4) is 0 Å². The minimum Gasteiger partial charge on any atom is -0.369 e. The van der Waals surface area contributed by atoms with Gasteiger partial charge in [0.05, 0.1) is 0 Å². The van der Waals surface area contributed by atoms with Crippen LogP contribution in [0.5, 0.6) is 0 Å². The maximum Gasteiger partial charge on any atom is 0.0368 e.